The third kappa shape index (κ3) is 1.09. The van der Waals surface area contributed by atoms with Crippen LogP contribution in [0.15, 0.2) is 10.3 Å². The normalized spacial score (nSPS) is 10.5. The van der Waals surface area contributed by atoms with Gasteiger partial charge in [-0.3, -0.25) is 9.59 Å². The van der Waals surface area contributed by atoms with Gasteiger partial charge < -0.3 is 5.73 Å². The molecule has 0 aliphatic heterocycles. The Bertz CT molecular complexity index is 529. The fourth-order valence-corrected chi connectivity index (χ4v) is 1.64. The van der Waals surface area contributed by atoms with Crippen molar-refractivity contribution in [2.45, 2.75) is 0 Å². The fraction of sp³-hybridized carbons (Fsp3) is 0. The molecule has 0 fully saturated rings. The first-order chi connectivity index (χ1) is 6.20. The van der Waals surface area contributed by atoms with Gasteiger partial charge in [0.05, 0.1) is 5.51 Å². The van der Waals surface area contributed by atoms with Crippen molar-refractivity contribution in [3.05, 3.63) is 21.6 Å². The Morgan fingerprint density at radius 2 is 2.38 bits per heavy atom. The molecule has 0 bridgehead atoms. The molecule has 3 N–H and O–H groups in total. The number of primary amides is 1. The lowest BCUT2D eigenvalue weighted by molar-refractivity contribution is 0.0996. The first-order valence-electron chi connectivity index (χ1n) is 3.32. The van der Waals surface area contributed by atoms with Crippen LogP contribution in [0, 0.1) is 0 Å². The van der Waals surface area contributed by atoms with Crippen LogP contribution in [0.1, 0.15) is 10.5 Å². The Labute approximate surface area is 75.4 Å². The number of fused-ring (bicyclic) bond motifs is 1. The van der Waals surface area contributed by atoms with Crippen LogP contribution in [0.3, 0.4) is 0 Å². The molecular formula is C6H4N4O2S. The van der Waals surface area contributed by atoms with Gasteiger partial charge in [0.2, 0.25) is 0 Å². The number of amides is 1. The largest absolute Gasteiger partial charge is 0.364 e. The maximum atomic E-state index is 11.1. The van der Waals surface area contributed by atoms with E-state index in [1.807, 2.05) is 0 Å². The number of nitrogens with two attached hydrogens (primary N) is 1. The van der Waals surface area contributed by atoms with E-state index in [1.54, 1.807) is 0 Å². The first kappa shape index (κ1) is 7.87. The number of hydrogen-bond acceptors (Lipinski definition) is 5. The van der Waals surface area contributed by atoms with Gasteiger partial charge in [0.1, 0.15) is 10.2 Å². The van der Waals surface area contributed by atoms with Gasteiger partial charge in [-0.15, -0.1) is 11.3 Å². The molecule has 0 spiro atoms. The predicted octanol–water partition coefficient (Wildman–Crippen LogP) is -0.522. The molecule has 0 unspecified atom stereocenters. The number of hydrogen-bond donors (Lipinski definition) is 2. The molecule has 0 atom stereocenters. The molecule has 0 radical (unpaired) electrons. The average Bonchev–Trinajstić information content (AvgIpc) is 2.53. The van der Waals surface area contributed by atoms with E-state index < -0.39 is 5.91 Å². The summed E-state index contributed by atoms with van der Waals surface area (Å²) in [6.45, 7) is 0. The minimum absolute atomic E-state index is 0.00384. The zero-order chi connectivity index (χ0) is 9.42. The molecule has 66 valence electrons. The highest BCUT2D eigenvalue weighted by molar-refractivity contribution is 7.16. The van der Waals surface area contributed by atoms with E-state index in [1.165, 1.54) is 5.51 Å². The standard InChI is InChI=1S/C6H4N4O2S/c7-5(11)3-2-4(13-1-8-2)6(12)10-9-3/h1H,(H2,7,11)(H,10,12). The summed E-state index contributed by atoms with van der Waals surface area (Å²) in [4.78, 5) is 25.8. The maximum absolute atomic E-state index is 11.1. The van der Waals surface area contributed by atoms with Crippen molar-refractivity contribution < 1.29 is 4.79 Å². The van der Waals surface area contributed by atoms with Crippen LogP contribution in [-0.2, 0) is 0 Å². The molecule has 2 aromatic heterocycles. The molecular weight excluding hydrogens is 192 g/mol. The number of aromatic amines is 1. The molecule has 0 saturated heterocycles. The highest BCUT2D eigenvalue weighted by atomic mass is 32.1. The Kier molecular flexibility index (Phi) is 1.59. The Morgan fingerprint density at radius 1 is 1.62 bits per heavy atom. The summed E-state index contributed by atoms with van der Waals surface area (Å²) in [6.07, 6.45) is 0. The van der Waals surface area contributed by atoms with Gasteiger partial charge >= 0.3 is 0 Å². The SMILES string of the molecule is NC(=O)c1n[nH]c(=O)c2scnc12. The number of nitrogens with zero attached hydrogens (tertiary/aromatic N) is 2. The Morgan fingerprint density at radius 3 is 3.08 bits per heavy atom. The van der Waals surface area contributed by atoms with E-state index in [0.717, 1.165) is 11.3 Å². The third-order valence-corrected chi connectivity index (χ3v) is 2.33. The predicted molar refractivity (Wildman–Crippen MR) is 46.6 cm³/mol. The minimum atomic E-state index is -0.702. The molecule has 2 rings (SSSR count). The van der Waals surface area contributed by atoms with E-state index in [9.17, 15) is 9.59 Å². The van der Waals surface area contributed by atoms with Crippen molar-refractivity contribution in [1.29, 1.82) is 0 Å². The van der Waals surface area contributed by atoms with Gasteiger partial charge in [-0.25, -0.2) is 10.1 Å². The van der Waals surface area contributed by atoms with Crippen molar-refractivity contribution in [3.63, 3.8) is 0 Å². The lowest BCUT2D eigenvalue weighted by Crippen LogP contribution is -2.18. The summed E-state index contributed by atoms with van der Waals surface area (Å²) in [7, 11) is 0. The van der Waals surface area contributed by atoms with Crippen molar-refractivity contribution in [2.24, 2.45) is 5.73 Å². The fourth-order valence-electron chi connectivity index (χ4n) is 0.958. The summed E-state index contributed by atoms with van der Waals surface area (Å²) in [5.41, 5.74) is 6.40. The number of rotatable bonds is 1. The molecule has 0 aliphatic rings. The monoisotopic (exact) mass is 196 g/mol. The van der Waals surface area contributed by atoms with Crippen LogP contribution < -0.4 is 11.3 Å². The molecule has 0 saturated carbocycles. The van der Waals surface area contributed by atoms with E-state index in [2.05, 4.69) is 15.2 Å². The molecule has 2 heterocycles. The molecule has 13 heavy (non-hydrogen) atoms. The van der Waals surface area contributed by atoms with Crippen molar-refractivity contribution in [1.82, 2.24) is 15.2 Å². The van der Waals surface area contributed by atoms with Crippen molar-refractivity contribution in [3.8, 4) is 0 Å². The molecule has 7 heteroatoms. The Balaban J connectivity index is 2.94. The Hall–Kier alpha value is -1.76. The first-order valence-corrected chi connectivity index (χ1v) is 4.20. The lowest BCUT2D eigenvalue weighted by Gasteiger charge is -1.92. The average molecular weight is 196 g/mol. The second-order valence-corrected chi connectivity index (χ2v) is 3.15. The number of carbonyl (C=O) groups excluding carboxylic acids is 1. The molecule has 2 aromatic rings. The number of nitrogens with one attached hydrogen (secondary N) is 1. The third-order valence-electron chi connectivity index (χ3n) is 1.50. The molecule has 0 aliphatic carbocycles. The van der Waals surface area contributed by atoms with Gasteiger partial charge in [0, 0.05) is 0 Å². The van der Waals surface area contributed by atoms with Crippen LogP contribution in [0.2, 0.25) is 0 Å². The molecule has 0 aromatic carbocycles. The summed E-state index contributed by atoms with van der Waals surface area (Å²) in [5.74, 6) is -0.702. The van der Waals surface area contributed by atoms with Gasteiger partial charge in [0.25, 0.3) is 11.5 Å². The van der Waals surface area contributed by atoms with E-state index in [-0.39, 0.29) is 16.8 Å². The maximum Gasteiger partial charge on any atom is 0.283 e. The second-order valence-electron chi connectivity index (χ2n) is 2.30. The van der Waals surface area contributed by atoms with Crippen LogP contribution in [-0.4, -0.2) is 21.1 Å². The van der Waals surface area contributed by atoms with Crippen LogP contribution in [0.25, 0.3) is 10.2 Å². The van der Waals surface area contributed by atoms with Crippen LogP contribution >= 0.6 is 11.3 Å². The smallest absolute Gasteiger partial charge is 0.283 e. The van der Waals surface area contributed by atoms with Crippen LogP contribution in [0.5, 0.6) is 0 Å². The van der Waals surface area contributed by atoms with Gasteiger partial charge in [0.15, 0.2) is 5.69 Å². The van der Waals surface area contributed by atoms with Gasteiger partial charge in [-0.1, -0.05) is 0 Å². The van der Waals surface area contributed by atoms with Crippen molar-refractivity contribution >= 4 is 27.5 Å². The van der Waals surface area contributed by atoms with E-state index in [4.69, 9.17) is 5.73 Å². The van der Waals surface area contributed by atoms with Crippen molar-refractivity contribution in [2.75, 3.05) is 0 Å². The second kappa shape index (κ2) is 2.63. The zero-order valence-electron chi connectivity index (χ0n) is 6.27. The highest BCUT2D eigenvalue weighted by Crippen LogP contribution is 2.14. The number of carbonyl (C=O) groups is 1. The molecule has 1 amide bonds. The number of H-pyrrole nitrogens is 1. The van der Waals surface area contributed by atoms with Crippen LogP contribution in [0.4, 0.5) is 0 Å². The zero-order valence-corrected chi connectivity index (χ0v) is 7.09. The number of thiazole rings is 1. The van der Waals surface area contributed by atoms with Gasteiger partial charge in [-0.05, 0) is 0 Å². The quantitative estimate of drug-likeness (QED) is 0.640. The molecule has 6 nitrogen and oxygen atoms in total. The summed E-state index contributed by atoms with van der Waals surface area (Å²) >= 11 is 1.14. The van der Waals surface area contributed by atoms with Gasteiger partial charge in [-0.2, -0.15) is 5.10 Å². The topological polar surface area (TPSA) is 102 Å². The highest BCUT2D eigenvalue weighted by Gasteiger charge is 2.12. The lowest BCUT2D eigenvalue weighted by atomic mass is 10.3. The summed E-state index contributed by atoms with van der Waals surface area (Å²) in [6, 6.07) is 0. The number of aromatic nitrogens is 3. The van der Waals surface area contributed by atoms with E-state index in [0.29, 0.717) is 4.70 Å². The van der Waals surface area contributed by atoms with E-state index >= 15 is 0 Å². The minimum Gasteiger partial charge on any atom is -0.364 e. The summed E-state index contributed by atoms with van der Waals surface area (Å²) < 4.78 is 0.365. The summed E-state index contributed by atoms with van der Waals surface area (Å²) in [5, 5.41) is 5.68.